The van der Waals surface area contributed by atoms with E-state index in [-0.39, 0.29) is 11.6 Å². The molecule has 1 aliphatic rings. The largest absolute Gasteiger partial charge is 0.356 e. The number of nitrogens with zero attached hydrogens (tertiary/aromatic N) is 4. The summed E-state index contributed by atoms with van der Waals surface area (Å²) in [4.78, 5) is 4.60. The fourth-order valence-corrected chi connectivity index (χ4v) is 3.68. The van der Waals surface area contributed by atoms with E-state index in [1.165, 1.54) is 24.3 Å². The van der Waals surface area contributed by atoms with E-state index in [0.717, 1.165) is 48.3 Å². The molecule has 144 valence electrons. The zero-order chi connectivity index (χ0) is 19.1. The second-order valence-corrected chi connectivity index (χ2v) is 7.09. The molecule has 0 saturated carbocycles. The number of fused-ring (bicyclic) bond motifs is 2. The van der Waals surface area contributed by atoms with Gasteiger partial charge < -0.3 is 9.05 Å². The van der Waals surface area contributed by atoms with Gasteiger partial charge in [0.15, 0.2) is 11.2 Å². The van der Waals surface area contributed by atoms with Gasteiger partial charge in [-0.2, -0.15) is 0 Å². The zero-order valence-electron chi connectivity index (χ0n) is 15.1. The van der Waals surface area contributed by atoms with Crippen molar-refractivity contribution in [3.63, 3.8) is 0 Å². The van der Waals surface area contributed by atoms with Gasteiger partial charge in [-0.25, -0.2) is 8.78 Å². The Kier molecular flexibility index (Phi) is 4.29. The highest BCUT2D eigenvalue weighted by Gasteiger charge is 2.21. The van der Waals surface area contributed by atoms with Crippen LogP contribution in [0.4, 0.5) is 8.78 Å². The first-order valence-corrected chi connectivity index (χ1v) is 9.18. The Morgan fingerprint density at radius 1 is 0.714 bits per heavy atom. The van der Waals surface area contributed by atoms with Crippen molar-refractivity contribution in [2.24, 2.45) is 0 Å². The van der Waals surface area contributed by atoms with E-state index >= 15 is 0 Å². The third-order valence-corrected chi connectivity index (χ3v) is 5.23. The Hall–Kier alpha value is -2.84. The molecular weight excluding hydrogens is 366 g/mol. The molecule has 0 bridgehead atoms. The first-order valence-electron chi connectivity index (χ1n) is 9.18. The topological polar surface area (TPSA) is 58.5 Å². The molecule has 0 unspecified atom stereocenters. The van der Waals surface area contributed by atoms with Gasteiger partial charge in [-0.15, -0.1) is 0 Å². The molecule has 0 radical (unpaired) electrons. The van der Waals surface area contributed by atoms with Gasteiger partial charge in [-0.1, -0.05) is 10.3 Å². The Morgan fingerprint density at radius 2 is 1.14 bits per heavy atom. The first-order chi connectivity index (χ1) is 13.7. The van der Waals surface area contributed by atoms with Gasteiger partial charge in [0.05, 0.1) is 0 Å². The summed E-state index contributed by atoms with van der Waals surface area (Å²) in [5.74, 6) is -0.654. The Labute approximate surface area is 159 Å². The highest BCUT2D eigenvalue weighted by molar-refractivity contribution is 5.80. The lowest BCUT2D eigenvalue weighted by Crippen LogP contribution is -2.45. The molecule has 0 aliphatic carbocycles. The fraction of sp³-hybridized carbons (Fsp3) is 0.300. The first kappa shape index (κ1) is 17.3. The van der Waals surface area contributed by atoms with Gasteiger partial charge in [0.2, 0.25) is 0 Å². The lowest BCUT2D eigenvalue weighted by molar-refractivity contribution is 0.118. The van der Waals surface area contributed by atoms with E-state index < -0.39 is 0 Å². The van der Waals surface area contributed by atoms with Crippen LogP contribution in [0.3, 0.4) is 0 Å². The molecule has 5 rings (SSSR count). The van der Waals surface area contributed by atoms with Crippen LogP contribution in [0.1, 0.15) is 11.4 Å². The van der Waals surface area contributed by atoms with E-state index in [2.05, 4.69) is 20.1 Å². The summed E-state index contributed by atoms with van der Waals surface area (Å²) >= 11 is 0. The van der Waals surface area contributed by atoms with Crippen molar-refractivity contribution in [3.8, 4) is 0 Å². The minimum atomic E-state index is -0.327. The lowest BCUT2D eigenvalue weighted by atomic mass is 10.2. The van der Waals surface area contributed by atoms with E-state index in [0.29, 0.717) is 24.3 Å². The maximum absolute atomic E-state index is 13.3. The van der Waals surface area contributed by atoms with Crippen LogP contribution in [0.2, 0.25) is 0 Å². The lowest BCUT2D eigenvalue weighted by Gasteiger charge is -2.33. The average molecular weight is 384 g/mol. The van der Waals surface area contributed by atoms with Crippen molar-refractivity contribution >= 4 is 21.9 Å². The van der Waals surface area contributed by atoms with Crippen molar-refractivity contribution in [2.75, 3.05) is 26.2 Å². The molecule has 1 fully saturated rings. The second-order valence-electron chi connectivity index (χ2n) is 7.09. The van der Waals surface area contributed by atoms with Gasteiger partial charge in [-0.3, -0.25) is 9.80 Å². The molecule has 1 saturated heterocycles. The summed E-state index contributed by atoms with van der Waals surface area (Å²) in [6.45, 7) is 4.83. The minimum absolute atomic E-state index is 0.327. The summed E-state index contributed by atoms with van der Waals surface area (Å²) in [6, 6.07) is 9.00. The van der Waals surface area contributed by atoms with Crippen molar-refractivity contribution in [3.05, 3.63) is 59.4 Å². The summed E-state index contributed by atoms with van der Waals surface area (Å²) in [7, 11) is 0. The highest BCUT2D eigenvalue weighted by atomic mass is 19.1. The number of halogens is 2. The van der Waals surface area contributed by atoms with Crippen LogP contribution in [-0.4, -0.2) is 46.3 Å². The molecule has 3 heterocycles. The molecule has 0 spiro atoms. The molecule has 0 N–H and O–H groups in total. The maximum atomic E-state index is 13.3. The van der Waals surface area contributed by atoms with Crippen LogP contribution >= 0.6 is 0 Å². The Bertz CT molecular complexity index is 1040. The van der Waals surface area contributed by atoms with E-state index in [4.69, 9.17) is 9.05 Å². The summed E-state index contributed by atoms with van der Waals surface area (Å²) in [5, 5.41) is 9.91. The molecular formula is C20H18F2N4O2. The third-order valence-electron chi connectivity index (χ3n) is 5.23. The van der Waals surface area contributed by atoms with Crippen molar-refractivity contribution in [1.29, 1.82) is 0 Å². The molecule has 6 nitrogen and oxygen atoms in total. The number of hydrogen-bond donors (Lipinski definition) is 0. The van der Waals surface area contributed by atoms with E-state index in [1.807, 2.05) is 0 Å². The van der Waals surface area contributed by atoms with Gasteiger partial charge in [-0.05, 0) is 24.3 Å². The van der Waals surface area contributed by atoms with Crippen LogP contribution in [0, 0.1) is 11.6 Å². The number of benzene rings is 2. The number of hydrogen-bond acceptors (Lipinski definition) is 6. The van der Waals surface area contributed by atoms with Gasteiger partial charge >= 0.3 is 0 Å². The van der Waals surface area contributed by atoms with Gasteiger partial charge in [0, 0.05) is 62.2 Å². The molecule has 0 atom stereocenters. The van der Waals surface area contributed by atoms with Crippen LogP contribution in [0.25, 0.3) is 21.9 Å². The predicted molar refractivity (Wildman–Crippen MR) is 98.5 cm³/mol. The zero-order valence-corrected chi connectivity index (χ0v) is 15.1. The summed E-state index contributed by atoms with van der Waals surface area (Å²) in [5.41, 5.74) is 2.60. The average Bonchev–Trinajstić information content (AvgIpc) is 3.27. The number of rotatable bonds is 4. The van der Waals surface area contributed by atoms with E-state index in [1.54, 1.807) is 12.1 Å². The maximum Gasteiger partial charge on any atom is 0.170 e. The SMILES string of the molecule is Fc1ccc2c(CN3CCN(Cc4noc5cc(F)ccc45)CC3)noc2c1. The standard InChI is InChI=1S/C20H18F2N4O2/c21-13-1-3-15-17(23-27-19(15)9-13)11-25-5-7-26(8-6-25)12-18-16-4-2-14(22)10-20(16)28-24-18/h1-4,9-10H,5-8,11-12H2. The molecule has 2 aromatic carbocycles. The molecule has 4 aromatic rings. The Balaban J connectivity index is 1.22. The summed E-state index contributed by atoms with van der Waals surface area (Å²) in [6.07, 6.45) is 0. The smallest absolute Gasteiger partial charge is 0.170 e. The molecule has 1 aliphatic heterocycles. The van der Waals surface area contributed by atoms with Crippen molar-refractivity contribution in [1.82, 2.24) is 20.1 Å². The second kappa shape index (κ2) is 6.96. The monoisotopic (exact) mass is 384 g/mol. The fourth-order valence-electron chi connectivity index (χ4n) is 3.68. The molecule has 2 aromatic heterocycles. The van der Waals surface area contributed by atoms with Crippen molar-refractivity contribution < 1.29 is 17.8 Å². The van der Waals surface area contributed by atoms with E-state index in [9.17, 15) is 8.78 Å². The molecule has 0 amide bonds. The quantitative estimate of drug-likeness (QED) is 0.536. The highest BCUT2D eigenvalue weighted by Crippen LogP contribution is 2.23. The third kappa shape index (κ3) is 3.25. The van der Waals surface area contributed by atoms with Crippen molar-refractivity contribution in [2.45, 2.75) is 13.1 Å². The normalized spacial score (nSPS) is 16.4. The number of aromatic nitrogens is 2. The molecule has 28 heavy (non-hydrogen) atoms. The van der Waals surface area contributed by atoms with Crippen LogP contribution in [-0.2, 0) is 13.1 Å². The Morgan fingerprint density at radius 3 is 1.57 bits per heavy atom. The predicted octanol–water partition coefficient (Wildman–Crippen LogP) is 3.57. The summed E-state index contributed by atoms with van der Waals surface area (Å²) < 4.78 is 37.1. The number of piperazine rings is 1. The van der Waals surface area contributed by atoms with Crippen LogP contribution < -0.4 is 0 Å². The van der Waals surface area contributed by atoms with Gasteiger partial charge in [0.25, 0.3) is 0 Å². The molecule has 8 heteroatoms. The van der Waals surface area contributed by atoms with Crippen LogP contribution in [0.5, 0.6) is 0 Å². The van der Waals surface area contributed by atoms with Crippen LogP contribution in [0.15, 0.2) is 45.4 Å². The minimum Gasteiger partial charge on any atom is -0.356 e. The van der Waals surface area contributed by atoms with Gasteiger partial charge in [0.1, 0.15) is 23.0 Å².